The highest BCUT2D eigenvalue weighted by atomic mass is 35.5. The van der Waals surface area contributed by atoms with E-state index in [4.69, 9.17) is 22.1 Å². The quantitative estimate of drug-likeness (QED) is 0.896. The number of hydrogen-bond donors (Lipinski definition) is 1. The Bertz CT molecular complexity index is 412. The fourth-order valence-electron chi connectivity index (χ4n) is 2.44. The highest BCUT2D eigenvalue weighted by Gasteiger charge is 2.23. The molecule has 3 atom stereocenters. The average Bonchev–Trinajstić information content (AvgIpc) is 2.27. The molecule has 1 aliphatic heterocycles. The zero-order chi connectivity index (χ0) is 13.3. The first-order valence-electron chi connectivity index (χ1n) is 6.43. The van der Waals surface area contributed by atoms with Gasteiger partial charge in [0.2, 0.25) is 0 Å². The second-order valence-electron chi connectivity index (χ2n) is 5.16. The van der Waals surface area contributed by atoms with E-state index in [0.717, 1.165) is 29.4 Å². The molecule has 0 unspecified atom stereocenters. The number of hydrogen-bond acceptors (Lipinski definition) is 3. The van der Waals surface area contributed by atoms with Gasteiger partial charge in [-0.2, -0.15) is 0 Å². The van der Waals surface area contributed by atoms with Gasteiger partial charge in [0.15, 0.2) is 0 Å². The zero-order valence-electron chi connectivity index (χ0n) is 11.2. The first-order chi connectivity index (χ1) is 8.47. The number of rotatable bonds is 2. The fraction of sp³-hybridized carbons (Fsp3) is 0.571. The molecule has 0 radical (unpaired) electrons. The first-order valence-corrected chi connectivity index (χ1v) is 6.80. The van der Waals surface area contributed by atoms with Gasteiger partial charge in [-0.05, 0) is 38.5 Å². The Hall–Kier alpha value is -0.770. The van der Waals surface area contributed by atoms with Gasteiger partial charge >= 0.3 is 0 Å². The van der Waals surface area contributed by atoms with Crippen LogP contribution in [0, 0.1) is 0 Å². The Kier molecular flexibility index (Phi) is 4.15. The molecule has 1 aromatic rings. The summed E-state index contributed by atoms with van der Waals surface area (Å²) in [6, 6.07) is 6.09. The lowest BCUT2D eigenvalue weighted by molar-refractivity contribution is -0.00520. The Balaban J connectivity index is 2.22. The number of anilines is 1. The first kappa shape index (κ1) is 13.7. The summed E-state index contributed by atoms with van der Waals surface area (Å²) in [4.78, 5) is 2.28. The molecule has 1 aromatic carbocycles. The second kappa shape index (κ2) is 5.47. The lowest BCUT2D eigenvalue weighted by Gasteiger charge is -2.37. The standard InChI is InChI=1S/C14H21ClN2O/c1-9-7-17(8-10(2)18-9)14-5-4-12(11(3)16)6-13(14)15/h4-6,9-11H,7-8,16H2,1-3H3/t9-,10+,11-/m1/s1. The smallest absolute Gasteiger partial charge is 0.0726 e. The van der Waals surface area contributed by atoms with Gasteiger partial charge in [-0.3, -0.25) is 0 Å². The van der Waals surface area contributed by atoms with Crippen molar-refractivity contribution in [1.82, 2.24) is 0 Å². The summed E-state index contributed by atoms with van der Waals surface area (Å²) < 4.78 is 5.73. The van der Waals surface area contributed by atoms with Crippen molar-refractivity contribution < 1.29 is 4.74 Å². The van der Waals surface area contributed by atoms with E-state index >= 15 is 0 Å². The van der Waals surface area contributed by atoms with Crippen molar-refractivity contribution in [2.24, 2.45) is 5.73 Å². The number of ether oxygens (including phenoxy) is 1. The van der Waals surface area contributed by atoms with Crippen LogP contribution in [0.5, 0.6) is 0 Å². The third kappa shape index (κ3) is 2.97. The van der Waals surface area contributed by atoms with Crippen LogP contribution < -0.4 is 10.6 Å². The van der Waals surface area contributed by atoms with Gasteiger partial charge in [-0.15, -0.1) is 0 Å². The molecular formula is C14H21ClN2O. The van der Waals surface area contributed by atoms with Crippen molar-refractivity contribution in [1.29, 1.82) is 0 Å². The molecule has 0 aromatic heterocycles. The van der Waals surface area contributed by atoms with Crippen molar-refractivity contribution in [2.45, 2.75) is 39.0 Å². The Morgan fingerprint density at radius 3 is 2.44 bits per heavy atom. The third-order valence-electron chi connectivity index (χ3n) is 3.26. The third-order valence-corrected chi connectivity index (χ3v) is 3.56. The van der Waals surface area contributed by atoms with Crippen molar-refractivity contribution >= 4 is 17.3 Å². The highest BCUT2D eigenvalue weighted by molar-refractivity contribution is 6.33. The molecule has 2 N–H and O–H groups in total. The minimum atomic E-state index is 0.0130. The maximum atomic E-state index is 6.36. The van der Waals surface area contributed by atoms with Crippen LogP contribution in [0.1, 0.15) is 32.4 Å². The second-order valence-corrected chi connectivity index (χ2v) is 5.57. The molecule has 1 fully saturated rings. The topological polar surface area (TPSA) is 38.5 Å². The zero-order valence-corrected chi connectivity index (χ0v) is 11.9. The highest BCUT2D eigenvalue weighted by Crippen LogP contribution is 2.30. The molecule has 0 amide bonds. The summed E-state index contributed by atoms with van der Waals surface area (Å²) in [5.41, 5.74) is 8.00. The predicted molar refractivity (Wildman–Crippen MR) is 76.3 cm³/mol. The molecule has 1 saturated heterocycles. The molecule has 100 valence electrons. The molecule has 1 aliphatic rings. The van der Waals surface area contributed by atoms with Crippen LogP contribution in [-0.2, 0) is 4.74 Å². The van der Waals surface area contributed by atoms with E-state index in [1.807, 2.05) is 13.0 Å². The summed E-state index contributed by atoms with van der Waals surface area (Å²) in [7, 11) is 0. The molecule has 0 bridgehead atoms. The lowest BCUT2D eigenvalue weighted by atomic mass is 10.1. The molecule has 0 saturated carbocycles. The number of nitrogens with two attached hydrogens (primary N) is 1. The van der Waals surface area contributed by atoms with Crippen LogP contribution in [0.3, 0.4) is 0 Å². The van der Waals surface area contributed by atoms with Gasteiger partial charge in [0, 0.05) is 19.1 Å². The molecular weight excluding hydrogens is 248 g/mol. The van der Waals surface area contributed by atoms with Gasteiger partial charge in [-0.1, -0.05) is 17.7 Å². The van der Waals surface area contributed by atoms with Gasteiger partial charge in [0.25, 0.3) is 0 Å². The molecule has 2 rings (SSSR count). The van der Waals surface area contributed by atoms with Crippen LogP contribution in [-0.4, -0.2) is 25.3 Å². The minimum Gasteiger partial charge on any atom is -0.372 e. The minimum absolute atomic E-state index is 0.0130. The number of halogens is 1. The molecule has 0 spiro atoms. The summed E-state index contributed by atoms with van der Waals surface area (Å²) in [6.07, 6.45) is 0.468. The van der Waals surface area contributed by atoms with Crippen molar-refractivity contribution in [3.63, 3.8) is 0 Å². The predicted octanol–water partition coefficient (Wildman–Crippen LogP) is 2.97. The summed E-state index contributed by atoms with van der Waals surface area (Å²) in [6.45, 7) is 7.90. The molecule has 0 aliphatic carbocycles. The normalized spacial score (nSPS) is 26.2. The van der Waals surface area contributed by atoms with E-state index in [1.54, 1.807) is 0 Å². The summed E-state index contributed by atoms with van der Waals surface area (Å²) >= 11 is 6.36. The lowest BCUT2D eigenvalue weighted by Crippen LogP contribution is -2.45. The van der Waals surface area contributed by atoms with Gasteiger partial charge < -0.3 is 15.4 Å². The largest absolute Gasteiger partial charge is 0.372 e. The monoisotopic (exact) mass is 268 g/mol. The van der Waals surface area contributed by atoms with E-state index < -0.39 is 0 Å². The van der Waals surface area contributed by atoms with E-state index in [9.17, 15) is 0 Å². The average molecular weight is 269 g/mol. The van der Waals surface area contributed by atoms with E-state index in [1.165, 1.54) is 0 Å². The molecule has 1 heterocycles. The Morgan fingerprint density at radius 1 is 1.33 bits per heavy atom. The van der Waals surface area contributed by atoms with Crippen LogP contribution in [0.4, 0.5) is 5.69 Å². The van der Waals surface area contributed by atoms with Crippen molar-refractivity contribution in [3.8, 4) is 0 Å². The molecule has 4 heteroatoms. The van der Waals surface area contributed by atoms with Crippen LogP contribution in [0.25, 0.3) is 0 Å². The Morgan fingerprint density at radius 2 is 1.94 bits per heavy atom. The molecule has 3 nitrogen and oxygen atoms in total. The van der Waals surface area contributed by atoms with Crippen molar-refractivity contribution in [2.75, 3.05) is 18.0 Å². The number of nitrogens with zero attached hydrogens (tertiary/aromatic N) is 1. The maximum Gasteiger partial charge on any atom is 0.0726 e. The Labute approximate surface area is 114 Å². The fourth-order valence-corrected chi connectivity index (χ4v) is 2.75. The van der Waals surface area contributed by atoms with Gasteiger partial charge in [0.05, 0.1) is 22.9 Å². The van der Waals surface area contributed by atoms with Crippen LogP contribution >= 0.6 is 11.6 Å². The SMILES string of the molecule is C[C@@H]1CN(c2ccc([C@@H](C)N)cc2Cl)C[C@H](C)O1. The number of benzene rings is 1. The summed E-state index contributed by atoms with van der Waals surface area (Å²) in [5.74, 6) is 0. The van der Waals surface area contributed by atoms with E-state index in [0.29, 0.717) is 0 Å². The van der Waals surface area contributed by atoms with Gasteiger partial charge in [-0.25, -0.2) is 0 Å². The van der Waals surface area contributed by atoms with E-state index in [2.05, 4.69) is 30.9 Å². The maximum absolute atomic E-state index is 6.36. The van der Waals surface area contributed by atoms with Crippen LogP contribution in [0.15, 0.2) is 18.2 Å². The van der Waals surface area contributed by atoms with Crippen LogP contribution in [0.2, 0.25) is 5.02 Å². The van der Waals surface area contributed by atoms with Gasteiger partial charge in [0.1, 0.15) is 0 Å². The van der Waals surface area contributed by atoms with Crippen molar-refractivity contribution in [3.05, 3.63) is 28.8 Å². The van der Waals surface area contributed by atoms with E-state index in [-0.39, 0.29) is 18.2 Å². The summed E-state index contributed by atoms with van der Waals surface area (Å²) in [5, 5.41) is 0.770. The number of morpholine rings is 1. The molecule has 18 heavy (non-hydrogen) atoms.